The predicted octanol–water partition coefficient (Wildman–Crippen LogP) is 9.45. The number of aromatic amines is 1. The van der Waals surface area contributed by atoms with E-state index >= 15 is 0 Å². The minimum absolute atomic E-state index is 0. The minimum atomic E-state index is -4.46. The number of piperidine rings is 3. The summed E-state index contributed by atoms with van der Waals surface area (Å²) in [7, 11) is -3.59. The van der Waals surface area contributed by atoms with Crippen LogP contribution in [0, 0.1) is 39.0 Å². The first-order chi connectivity index (χ1) is 44.8. The number of hydrazine groups is 3. The first kappa shape index (κ1) is 76.5. The van der Waals surface area contributed by atoms with Gasteiger partial charge in [0.15, 0.2) is 28.7 Å². The van der Waals surface area contributed by atoms with Gasteiger partial charge in [-0.15, -0.1) is 0 Å². The zero-order chi connectivity index (χ0) is 68.8. The van der Waals surface area contributed by atoms with Crippen molar-refractivity contribution in [3.05, 3.63) is 123 Å². The molecule has 8 aromatic rings. The number of fused-ring (bicyclic) bond motifs is 3. The zero-order valence-corrected chi connectivity index (χ0v) is 58.2. The van der Waals surface area contributed by atoms with Gasteiger partial charge < -0.3 is 33.1 Å². The molecule has 0 saturated carbocycles. The summed E-state index contributed by atoms with van der Waals surface area (Å²) in [5.74, 6) is -1.66. The molecule has 0 aliphatic carbocycles. The maximum absolute atomic E-state index is 13.2. The second kappa shape index (κ2) is 31.8. The fourth-order valence-electron chi connectivity index (χ4n) is 11.5. The molecule has 6 aromatic heterocycles. The summed E-state index contributed by atoms with van der Waals surface area (Å²) in [4.78, 5) is 67.1. The van der Waals surface area contributed by atoms with E-state index in [-0.39, 0.29) is 62.7 Å². The average molecular weight is 1580 g/mol. The monoisotopic (exact) mass is 1570 g/mol. The molecule has 0 spiro atoms. The number of benzene rings is 2. The number of aromatic nitrogens is 9. The minimum Gasteiger partial charge on any atom is -0.358 e. The van der Waals surface area contributed by atoms with Gasteiger partial charge in [-0.2, -0.15) is 39.5 Å². The number of nitrogens with zero attached hydrogens (tertiary/aromatic N) is 14. The number of carbonyl (C=O) groups excluding carboxylic acids is 3. The van der Waals surface area contributed by atoms with Crippen LogP contribution in [0.25, 0.3) is 33.1 Å². The number of halogens is 9. The molecule has 0 bridgehead atoms. The van der Waals surface area contributed by atoms with Gasteiger partial charge in [0.1, 0.15) is 43.5 Å². The molecular weight excluding hydrogens is 1500 g/mol. The standard InChI is InChI=1S/C22H25F3N6O3S.C22H24F3N5O3S.C16H21F3N6O.CH3.W/c1-15-5-7-17(8-6-15)35(33,34)31-11-9-18-19(26-14-27-20(18)31)28-30-10-3-4-16(12-30)21(32)29(2)13-22(23,24)25;1-15-4-6-17(7-5-15)34(32,33)30-12-9-18-20(26-14-27-21(18)30)28-29-11-2-3-16(13-29)19(31)8-10-22(23,24)25;1-23(9-16(17,18)19)15(26)11-4-3-7-25(8-11)24(2)14-12-5-6-20-13(12)21-10-22-14;;/h5-9,11,14,16H,3-4,10,12-13H2,1-2H3,(H,26,27,28);4-7,9,12,14,16H,2-3,8,10-11,13H2,1H3,(H,26,27,28);5-6,10-11H,3-4,7-9H2,1-2H3,(H,20,21,22);1H3;/q;;;-1;. The number of aryl methyl sites for hydroxylation is 2. The van der Waals surface area contributed by atoms with Gasteiger partial charge >= 0.3 is 18.5 Å². The van der Waals surface area contributed by atoms with E-state index in [2.05, 4.69) is 45.7 Å². The van der Waals surface area contributed by atoms with Crippen LogP contribution in [-0.4, -0.2) is 194 Å². The summed E-state index contributed by atoms with van der Waals surface area (Å²) < 4.78 is 168. The number of Topliss-reactive ketones (excluding diaryl/α,β-unsaturated/α-hetero) is 1. The van der Waals surface area contributed by atoms with Crippen LogP contribution in [0.2, 0.25) is 0 Å². The van der Waals surface area contributed by atoms with Crippen molar-refractivity contribution in [3.63, 3.8) is 0 Å². The molecule has 36 heteroatoms. The van der Waals surface area contributed by atoms with E-state index in [1.807, 2.05) is 37.0 Å². The molecule has 3 aliphatic rings. The number of amides is 2. The Morgan fingerprint density at radius 2 is 0.990 bits per heavy atom. The van der Waals surface area contributed by atoms with E-state index in [0.29, 0.717) is 97.1 Å². The fraction of sp³-hybridized carbons (Fsp3) is 0.443. The molecule has 24 nitrogen and oxygen atoms in total. The van der Waals surface area contributed by atoms with Gasteiger partial charge in [-0.25, -0.2) is 69.7 Å². The van der Waals surface area contributed by atoms with Crippen molar-refractivity contribution >= 4 is 88.2 Å². The summed E-state index contributed by atoms with van der Waals surface area (Å²) in [5, 5.41) is 8.99. The molecule has 3 atom stereocenters. The van der Waals surface area contributed by atoms with Crippen LogP contribution in [0.5, 0.6) is 0 Å². The third kappa shape index (κ3) is 19.3. The van der Waals surface area contributed by atoms with E-state index in [9.17, 15) is 70.7 Å². The molecule has 3 fully saturated rings. The molecule has 2 amide bonds. The summed E-state index contributed by atoms with van der Waals surface area (Å²) in [6.45, 7) is 3.80. The van der Waals surface area contributed by atoms with Crippen molar-refractivity contribution in [1.29, 1.82) is 0 Å². The van der Waals surface area contributed by atoms with Gasteiger partial charge in [-0.1, -0.05) is 35.4 Å². The van der Waals surface area contributed by atoms with Crippen LogP contribution in [0.15, 0.2) is 114 Å². The number of anilines is 3. The third-order valence-electron chi connectivity index (χ3n) is 16.3. The maximum Gasteiger partial charge on any atom is 0.406 e. The third-order valence-corrected chi connectivity index (χ3v) is 19.6. The molecule has 3 N–H and O–H groups in total. The maximum atomic E-state index is 13.2. The molecule has 526 valence electrons. The van der Waals surface area contributed by atoms with Gasteiger partial charge in [-0.05, 0) is 94.8 Å². The fourth-order valence-corrected chi connectivity index (χ4v) is 14.1. The summed E-state index contributed by atoms with van der Waals surface area (Å²) >= 11 is 0. The normalized spacial score (nSPS) is 17.6. The molecule has 11 rings (SSSR count). The van der Waals surface area contributed by atoms with Crippen LogP contribution < -0.4 is 15.9 Å². The van der Waals surface area contributed by atoms with Crippen LogP contribution >= 0.6 is 0 Å². The molecule has 3 unspecified atom stereocenters. The van der Waals surface area contributed by atoms with Crippen LogP contribution in [0.4, 0.5) is 57.0 Å². The number of hydrogen-bond acceptors (Lipinski definition) is 19. The van der Waals surface area contributed by atoms with E-state index in [1.54, 1.807) is 52.6 Å². The van der Waals surface area contributed by atoms with Crippen molar-refractivity contribution in [2.75, 3.05) is 89.4 Å². The molecule has 97 heavy (non-hydrogen) atoms. The van der Waals surface area contributed by atoms with Gasteiger partial charge in [0, 0.05) is 112 Å². The van der Waals surface area contributed by atoms with Crippen molar-refractivity contribution in [1.82, 2.24) is 67.7 Å². The number of alkyl halides is 9. The van der Waals surface area contributed by atoms with Crippen molar-refractivity contribution < 1.29 is 91.8 Å². The topological polar surface area (TPSA) is 266 Å². The van der Waals surface area contributed by atoms with Crippen LogP contribution in [0.3, 0.4) is 0 Å². The second-order valence-electron chi connectivity index (χ2n) is 23.5. The first-order valence-electron chi connectivity index (χ1n) is 30.1. The Morgan fingerprint density at radius 1 is 0.557 bits per heavy atom. The number of H-pyrrole nitrogens is 1. The van der Waals surface area contributed by atoms with E-state index in [0.717, 1.165) is 42.8 Å². The Bertz CT molecular complexity index is 4240. The molecule has 3 aliphatic heterocycles. The van der Waals surface area contributed by atoms with Gasteiger partial charge in [0.2, 0.25) is 11.8 Å². The summed E-state index contributed by atoms with van der Waals surface area (Å²) in [6.07, 6.45) is -2.84. The number of ketones is 1. The molecule has 9 heterocycles. The molecular formula is C61H73F9N17O7S2W-. The van der Waals surface area contributed by atoms with Crippen molar-refractivity contribution in [2.45, 2.75) is 93.5 Å². The number of rotatable bonds is 17. The van der Waals surface area contributed by atoms with Gasteiger partial charge in [0.25, 0.3) is 20.0 Å². The zero-order valence-electron chi connectivity index (χ0n) is 53.6. The largest absolute Gasteiger partial charge is 0.406 e. The summed E-state index contributed by atoms with van der Waals surface area (Å²) in [5.41, 5.74) is 9.11. The Morgan fingerprint density at radius 3 is 1.45 bits per heavy atom. The predicted molar refractivity (Wildman–Crippen MR) is 339 cm³/mol. The van der Waals surface area contributed by atoms with Crippen LogP contribution in [0.1, 0.15) is 62.5 Å². The van der Waals surface area contributed by atoms with E-state index in [4.69, 9.17) is 0 Å². The van der Waals surface area contributed by atoms with E-state index in [1.165, 1.54) is 62.7 Å². The summed E-state index contributed by atoms with van der Waals surface area (Å²) in [6, 6.07) is 18.0. The average Bonchev–Trinajstić information content (AvgIpc) is 1.63. The quantitative estimate of drug-likeness (QED) is 0.0566. The first-order valence-corrected chi connectivity index (χ1v) is 33.0. The second-order valence-corrected chi connectivity index (χ2v) is 27.1. The van der Waals surface area contributed by atoms with Crippen molar-refractivity contribution in [3.8, 4) is 0 Å². The molecule has 0 radical (unpaired) electrons. The molecule has 2 aromatic carbocycles. The molecule has 3 saturated heterocycles. The Labute approximate surface area is 568 Å². The Balaban J connectivity index is 0.000000205. The Hall–Kier alpha value is -7.85. The Kier molecular flexibility index (Phi) is 25.1. The van der Waals surface area contributed by atoms with Crippen molar-refractivity contribution in [2.24, 2.45) is 17.8 Å². The number of carbonyl (C=O) groups is 3. The van der Waals surface area contributed by atoms with E-state index < -0.39 is 99.9 Å². The number of nitrogens with one attached hydrogen (secondary N) is 3. The van der Waals surface area contributed by atoms with Crippen LogP contribution in [-0.2, 0) is 55.5 Å². The SMILES string of the molecule is CN(CC(F)(F)F)C(=O)C1CCCN(N(C)c2ncnc3[nH]ccc23)C1.Cc1ccc(S(=O)(=O)n2ccc3c(NN4CCCC(C(=O)CCC(F)(F)F)C4)ncnc32)cc1.Cc1ccc(S(=O)(=O)n2ccc3c(NN4CCCC(C(=O)N(C)CC(F)(F)F)C4)ncnc32)cc1.[CH3-].[W]. The smallest absolute Gasteiger partial charge is 0.358 e. The number of hydrogen-bond donors (Lipinski definition) is 3. The van der Waals surface area contributed by atoms with Gasteiger partial charge in [-0.3, -0.25) is 19.4 Å². The van der Waals surface area contributed by atoms with Gasteiger partial charge in [0.05, 0.1) is 44.2 Å².